The van der Waals surface area contributed by atoms with E-state index in [0.29, 0.717) is 12.0 Å². The molecule has 0 saturated carbocycles. The molecular weight excluding hydrogens is 228 g/mol. The summed E-state index contributed by atoms with van der Waals surface area (Å²) in [6.07, 6.45) is 5.77. The average molecular weight is 246 g/mol. The summed E-state index contributed by atoms with van der Waals surface area (Å²) in [6.45, 7) is 7.66. The van der Waals surface area contributed by atoms with Crippen molar-refractivity contribution in [3.05, 3.63) is 35.5 Å². The lowest BCUT2D eigenvalue weighted by atomic mass is 9.87. The maximum atomic E-state index is 12.2. The Bertz CT molecular complexity index is 468. The molecule has 0 aromatic heterocycles. The van der Waals surface area contributed by atoms with Gasteiger partial charge in [0.2, 0.25) is 0 Å². The predicted octanol–water partition coefficient (Wildman–Crippen LogP) is 2.73. The number of esters is 1. The zero-order valence-electron chi connectivity index (χ0n) is 10.9. The second-order valence-corrected chi connectivity index (χ2v) is 5.12. The second kappa shape index (κ2) is 4.92. The molecule has 0 bridgehead atoms. The van der Waals surface area contributed by atoms with Crippen LogP contribution >= 0.6 is 0 Å². The van der Waals surface area contributed by atoms with Gasteiger partial charge in [0.25, 0.3) is 0 Å². The van der Waals surface area contributed by atoms with Crippen molar-refractivity contribution in [2.24, 2.45) is 5.92 Å². The summed E-state index contributed by atoms with van der Waals surface area (Å²) in [5, 5.41) is 0. The van der Waals surface area contributed by atoms with Crippen molar-refractivity contribution >= 4 is 11.8 Å². The van der Waals surface area contributed by atoms with Gasteiger partial charge in [0.15, 0.2) is 0 Å². The highest BCUT2D eigenvalue weighted by Crippen LogP contribution is 2.32. The molecule has 1 saturated heterocycles. The van der Waals surface area contributed by atoms with Crippen molar-refractivity contribution < 1.29 is 14.3 Å². The quantitative estimate of drug-likeness (QED) is 0.375. The molecule has 0 amide bonds. The minimum Gasteiger partial charge on any atom is -0.454 e. The first kappa shape index (κ1) is 12.8. The highest BCUT2D eigenvalue weighted by Gasteiger charge is 2.41. The Morgan fingerprint density at radius 3 is 2.72 bits per heavy atom. The fraction of sp³-hybridized carbons (Fsp3) is 0.467. The largest absolute Gasteiger partial charge is 0.454 e. The summed E-state index contributed by atoms with van der Waals surface area (Å²) in [6, 6.07) is 0. The van der Waals surface area contributed by atoms with Crippen LogP contribution in [0.1, 0.15) is 33.1 Å². The maximum absolute atomic E-state index is 12.2. The van der Waals surface area contributed by atoms with E-state index in [-0.39, 0.29) is 5.78 Å². The first-order valence-electron chi connectivity index (χ1n) is 6.24. The van der Waals surface area contributed by atoms with Crippen LogP contribution in [0.2, 0.25) is 0 Å². The zero-order chi connectivity index (χ0) is 13.3. The topological polar surface area (TPSA) is 43.4 Å². The van der Waals surface area contributed by atoms with Crippen molar-refractivity contribution in [2.75, 3.05) is 0 Å². The van der Waals surface area contributed by atoms with Crippen LogP contribution in [0.4, 0.5) is 0 Å². The number of carbonyl (C=O) groups is 2. The molecule has 2 aliphatic rings. The molecule has 0 N–H and O–H groups in total. The summed E-state index contributed by atoms with van der Waals surface area (Å²) in [7, 11) is 0. The Morgan fingerprint density at radius 1 is 1.28 bits per heavy atom. The van der Waals surface area contributed by atoms with Crippen LogP contribution in [-0.4, -0.2) is 17.9 Å². The van der Waals surface area contributed by atoms with Crippen LogP contribution in [0.25, 0.3) is 0 Å². The van der Waals surface area contributed by atoms with Crippen LogP contribution in [-0.2, 0) is 14.3 Å². The van der Waals surface area contributed by atoms with Crippen molar-refractivity contribution in [1.82, 2.24) is 0 Å². The van der Waals surface area contributed by atoms with Crippen molar-refractivity contribution in [3.8, 4) is 0 Å². The summed E-state index contributed by atoms with van der Waals surface area (Å²) in [5.74, 6) is -0.923. The smallest absolute Gasteiger partial charge is 0.334 e. The fourth-order valence-electron chi connectivity index (χ4n) is 2.47. The van der Waals surface area contributed by atoms with Gasteiger partial charge in [-0.3, -0.25) is 4.79 Å². The van der Waals surface area contributed by atoms with Gasteiger partial charge in [0.1, 0.15) is 11.9 Å². The van der Waals surface area contributed by atoms with Gasteiger partial charge in [-0.15, -0.1) is 0 Å². The van der Waals surface area contributed by atoms with Gasteiger partial charge < -0.3 is 4.74 Å². The molecule has 1 heterocycles. The number of ether oxygens (including phenoxy) is 1. The number of rotatable bonds is 0. The Hall–Kier alpha value is -1.64. The molecule has 1 aliphatic heterocycles. The number of hydrogen-bond acceptors (Lipinski definition) is 3. The summed E-state index contributed by atoms with van der Waals surface area (Å²) in [5.41, 5.74) is 2.49. The van der Waals surface area contributed by atoms with E-state index in [1.54, 1.807) is 0 Å². The van der Waals surface area contributed by atoms with Crippen LogP contribution in [0, 0.1) is 5.92 Å². The van der Waals surface area contributed by atoms with E-state index >= 15 is 0 Å². The predicted molar refractivity (Wildman–Crippen MR) is 68.9 cm³/mol. The summed E-state index contributed by atoms with van der Waals surface area (Å²) >= 11 is 0. The number of fused-ring (bicyclic) bond motifs is 1. The molecule has 0 aromatic carbocycles. The average Bonchev–Trinajstić information content (AvgIpc) is 2.53. The van der Waals surface area contributed by atoms with Gasteiger partial charge >= 0.3 is 5.97 Å². The standard InChI is InChI=1S/C15H18O3/c1-9-5-4-6-10(2)8-13-14(12(16)7-9)11(3)15(17)18-13/h5,8,13-14H,3-4,6-7H2,1-2H3/b9-5+,10-8+/t13-,14-/m0/s1. The van der Waals surface area contributed by atoms with E-state index < -0.39 is 18.0 Å². The van der Waals surface area contributed by atoms with E-state index in [2.05, 4.69) is 12.7 Å². The maximum Gasteiger partial charge on any atom is 0.334 e. The molecule has 18 heavy (non-hydrogen) atoms. The normalized spacial score (nSPS) is 35.1. The van der Waals surface area contributed by atoms with Gasteiger partial charge in [-0.1, -0.05) is 23.8 Å². The number of ketones is 1. The van der Waals surface area contributed by atoms with Gasteiger partial charge in [0, 0.05) is 12.0 Å². The molecule has 1 aliphatic carbocycles. The summed E-state index contributed by atoms with van der Waals surface area (Å²) < 4.78 is 5.23. The highest BCUT2D eigenvalue weighted by atomic mass is 16.6. The van der Waals surface area contributed by atoms with Crippen LogP contribution < -0.4 is 0 Å². The Labute approximate surface area is 107 Å². The molecule has 0 aromatic rings. The van der Waals surface area contributed by atoms with Crippen LogP contribution in [0.3, 0.4) is 0 Å². The lowest BCUT2D eigenvalue weighted by Crippen LogP contribution is -2.24. The molecular formula is C15H18O3. The number of allylic oxidation sites excluding steroid dienone is 3. The molecule has 3 heteroatoms. The SMILES string of the molecule is C=C1C(=O)O[C@H]2/C=C(\C)CC/C=C(\C)CC(=O)[C@H]12. The number of carbonyl (C=O) groups excluding carboxylic acids is 2. The van der Waals surface area contributed by atoms with Crippen molar-refractivity contribution in [3.63, 3.8) is 0 Å². The van der Waals surface area contributed by atoms with E-state index in [0.717, 1.165) is 24.0 Å². The van der Waals surface area contributed by atoms with Gasteiger partial charge in [-0.2, -0.15) is 0 Å². The van der Waals surface area contributed by atoms with Crippen LogP contribution in [0.15, 0.2) is 35.5 Å². The first-order chi connectivity index (χ1) is 8.49. The molecule has 1 fully saturated rings. The monoisotopic (exact) mass is 246 g/mol. The fourth-order valence-corrected chi connectivity index (χ4v) is 2.47. The Kier molecular flexibility index (Phi) is 3.50. The van der Waals surface area contributed by atoms with E-state index in [9.17, 15) is 9.59 Å². The third-order valence-corrected chi connectivity index (χ3v) is 3.49. The highest BCUT2D eigenvalue weighted by molar-refractivity contribution is 6.01. The molecule has 3 nitrogen and oxygen atoms in total. The Balaban J connectivity index is 2.36. The Morgan fingerprint density at radius 2 is 2.00 bits per heavy atom. The van der Waals surface area contributed by atoms with Gasteiger partial charge in [-0.05, 0) is 32.8 Å². The van der Waals surface area contributed by atoms with E-state index in [4.69, 9.17) is 4.74 Å². The van der Waals surface area contributed by atoms with Crippen LogP contribution in [0.5, 0.6) is 0 Å². The third-order valence-electron chi connectivity index (χ3n) is 3.49. The molecule has 96 valence electrons. The lowest BCUT2D eigenvalue weighted by Gasteiger charge is -2.16. The first-order valence-corrected chi connectivity index (χ1v) is 6.24. The number of Topliss-reactive ketones (excluding diaryl/α,β-unsaturated/α-hetero) is 1. The number of hydrogen-bond donors (Lipinski definition) is 0. The minimum absolute atomic E-state index is 0.0237. The van der Waals surface area contributed by atoms with Crippen molar-refractivity contribution in [1.29, 1.82) is 0 Å². The van der Waals surface area contributed by atoms with Gasteiger partial charge in [0.05, 0.1) is 5.92 Å². The van der Waals surface area contributed by atoms with E-state index in [1.165, 1.54) is 0 Å². The molecule has 2 atom stereocenters. The van der Waals surface area contributed by atoms with E-state index in [1.807, 2.05) is 19.9 Å². The molecule has 2 rings (SSSR count). The molecule has 0 unspecified atom stereocenters. The van der Waals surface area contributed by atoms with Gasteiger partial charge in [-0.25, -0.2) is 4.79 Å². The lowest BCUT2D eigenvalue weighted by molar-refractivity contribution is -0.137. The minimum atomic E-state index is -0.506. The second-order valence-electron chi connectivity index (χ2n) is 5.12. The molecule has 0 spiro atoms. The summed E-state index contributed by atoms with van der Waals surface area (Å²) in [4.78, 5) is 23.8. The molecule has 0 radical (unpaired) electrons. The van der Waals surface area contributed by atoms with Crippen molar-refractivity contribution in [2.45, 2.75) is 39.2 Å². The zero-order valence-corrected chi connectivity index (χ0v) is 10.9. The third kappa shape index (κ3) is 2.45.